The molecule has 2 rings (SSSR count). The summed E-state index contributed by atoms with van der Waals surface area (Å²) >= 11 is 0. The third kappa shape index (κ3) is 3.15. The van der Waals surface area contributed by atoms with E-state index in [9.17, 15) is 8.42 Å². The van der Waals surface area contributed by atoms with Gasteiger partial charge >= 0.3 is 0 Å². The van der Waals surface area contributed by atoms with Crippen molar-refractivity contribution in [3.63, 3.8) is 0 Å². The summed E-state index contributed by atoms with van der Waals surface area (Å²) in [6, 6.07) is 7.60. The van der Waals surface area contributed by atoms with Gasteiger partial charge in [0.1, 0.15) is 0 Å². The third-order valence-corrected chi connectivity index (χ3v) is 5.96. The molecule has 0 aliphatic heterocycles. The topological polar surface area (TPSA) is 49.4 Å². The molecule has 0 heterocycles. The number of rotatable bonds is 5. The molecule has 0 bridgehead atoms. The van der Waals surface area contributed by atoms with Gasteiger partial charge in [0.05, 0.1) is 4.90 Å². The van der Waals surface area contributed by atoms with Gasteiger partial charge in [0.15, 0.2) is 0 Å². The number of hydrogen-bond donors (Lipinski definition) is 1. The summed E-state index contributed by atoms with van der Waals surface area (Å²) in [4.78, 5) is 0.346. The van der Waals surface area contributed by atoms with E-state index in [2.05, 4.69) is 12.2 Å². The van der Waals surface area contributed by atoms with Crippen LogP contribution < -0.4 is 5.32 Å². The quantitative estimate of drug-likeness (QED) is 0.909. The molecule has 1 aliphatic rings. The molecule has 20 heavy (non-hydrogen) atoms. The molecule has 0 spiro atoms. The van der Waals surface area contributed by atoms with Crippen LogP contribution in [0.1, 0.15) is 32.6 Å². The van der Waals surface area contributed by atoms with E-state index >= 15 is 0 Å². The van der Waals surface area contributed by atoms with Crippen molar-refractivity contribution >= 4 is 15.7 Å². The Labute approximate surface area is 122 Å². The summed E-state index contributed by atoms with van der Waals surface area (Å²) in [6.07, 6.45) is 4.87. The van der Waals surface area contributed by atoms with E-state index in [1.54, 1.807) is 32.3 Å². The number of sulfonamides is 1. The Morgan fingerprint density at radius 1 is 1.30 bits per heavy atom. The Kier molecular flexibility index (Phi) is 4.70. The highest BCUT2D eigenvalue weighted by Gasteiger charge is 2.26. The molecule has 2 atom stereocenters. The van der Waals surface area contributed by atoms with E-state index in [-0.39, 0.29) is 0 Å². The second kappa shape index (κ2) is 6.14. The molecule has 0 aromatic heterocycles. The summed E-state index contributed by atoms with van der Waals surface area (Å²) < 4.78 is 25.5. The fraction of sp³-hybridized carbons (Fsp3) is 0.600. The maximum absolute atomic E-state index is 12.1. The van der Waals surface area contributed by atoms with Crippen LogP contribution in [0.5, 0.6) is 0 Å². The maximum Gasteiger partial charge on any atom is 0.242 e. The van der Waals surface area contributed by atoms with Crippen molar-refractivity contribution in [1.82, 2.24) is 4.31 Å². The summed E-state index contributed by atoms with van der Waals surface area (Å²) in [7, 11) is -0.249. The highest BCUT2D eigenvalue weighted by molar-refractivity contribution is 7.89. The lowest BCUT2D eigenvalue weighted by atomic mass is 10.0. The lowest BCUT2D eigenvalue weighted by molar-refractivity contribution is 0.489. The Hall–Kier alpha value is -1.07. The Morgan fingerprint density at radius 2 is 2.05 bits per heavy atom. The van der Waals surface area contributed by atoms with Crippen LogP contribution in [-0.4, -0.2) is 32.9 Å². The van der Waals surface area contributed by atoms with Crippen molar-refractivity contribution in [3.8, 4) is 0 Å². The minimum absolute atomic E-state index is 0.346. The summed E-state index contributed by atoms with van der Waals surface area (Å²) in [5, 5.41) is 3.51. The molecular formula is C15H24N2O2S. The second-order valence-electron chi connectivity index (χ2n) is 5.67. The van der Waals surface area contributed by atoms with Gasteiger partial charge < -0.3 is 5.32 Å². The van der Waals surface area contributed by atoms with Gasteiger partial charge in [-0.1, -0.05) is 25.8 Å². The fourth-order valence-corrected chi connectivity index (χ4v) is 3.83. The molecule has 1 N–H and O–H groups in total. The molecule has 0 amide bonds. The molecular weight excluding hydrogens is 272 g/mol. The predicted octanol–water partition coefficient (Wildman–Crippen LogP) is 2.93. The molecule has 1 saturated carbocycles. The zero-order valence-corrected chi connectivity index (χ0v) is 13.3. The van der Waals surface area contributed by atoms with Gasteiger partial charge in [-0.3, -0.25) is 0 Å². The molecule has 4 nitrogen and oxygen atoms in total. The molecule has 1 aromatic carbocycles. The summed E-state index contributed by atoms with van der Waals surface area (Å²) in [5.74, 6) is 0.698. The third-order valence-electron chi connectivity index (χ3n) is 4.15. The van der Waals surface area contributed by atoms with Gasteiger partial charge in [0.25, 0.3) is 0 Å². The van der Waals surface area contributed by atoms with Gasteiger partial charge in [-0.05, 0) is 37.0 Å². The van der Waals surface area contributed by atoms with Crippen LogP contribution in [0.3, 0.4) is 0 Å². The Bertz CT molecular complexity index is 555. The smallest absolute Gasteiger partial charge is 0.242 e. The standard InChI is InChI=1S/C15H24N2O2S/c1-4-12-7-5-10-15(12)16-13-8-6-9-14(11-13)20(18,19)17(2)3/h6,8-9,11-12,15-16H,4-5,7,10H2,1-3H3. The highest BCUT2D eigenvalue weighted by atomic mass is 32.2. The van der Waals surface area contributed by atoms with Crippen LogP contribution in [-0.2, 0) is 10.0 Å². The predicted molar refractivity (Wildman–Crippen MR) is 82.4 cm³/mol. The number of nitrogens with zero attached hydrogens (tertiary/aromatic N) is 1. The molecule has 0 saturated heterocycles. The molecule has 1 aliphatic carbocycles. The Balaban J connectivity index is 2.18. The van der Waals surface area contributed by atoms with Crippen molar-refractivity contribution in [1.29, 1.82) is 0 Å². The number of benzene rings is 1. The van der Waals surface area contributed by atoms with E-state index in [0.717, 1.165) is 5.69 Å². The van der Waals surface area contributed by atoms with Crippen molar-refractivity contribution in [2.24, 2.45) is 5.92 Å². The van der Waals surface area contributed by atoms with Gasteiger partial charge in [-0.15, -0.1) is 0 Å². The lowest BCUT2D eigenvalue weighted by Crippen LogP contribution is -2.24. The largest absolute Gasteiger partial charge is 0.382 e. The lowest BCUT2D eigenvalue weighted by Gasteiger charge is -2.21. The zero-order valence-electron chi connectivity index (χ0n) is 12.5. The van der Waals surface area contributed by atoms with E-state index in [1.165, 1.54) is 30.0 Å². The van der Waals surface area contributed by atoms with Gasteiger partial charge in [0.2, 0.25) is 10.0 Å². The summed E-state index contributed by atoms with van der Waals surface area (Å²) in [5.41, 5.74) is 0.901. The van der Waals surface area contributed by atoms with Crippen LogP contribution in [0.15, 0.2) is 29.2 Å². The first kappa shape index (κ1) is 15.3. The SMILES string of the molecule is CCC1CCCC1Nc1cccc(S(=O)(=O)N(C)C)c1. The van der Waals surface area contributed by atoms with E-state index < -0.39 is 10.0 Å². The minimum atomic E-state index is -3.36. The Morgan fingerprint density at radius 3 is 2.70 bits per heavy atom. The van der Waals surface area contributed by atoms with Crippen LogP contribution in [0, 0.1) is 5.92 Å². The first-order chi connectivity index (χ1) is 9.45. The average molecular weight is 296 g/mol. The number of nitrogens with one attached hydrogen (secondary N) is 1. The van der Waals surface area contributed by atoms with E-state index in [0.29, 0.717) is 16.9 Å². The van der Waals surface area contributed by atoms with Crippen LogP contribution in [0.4, 0.5) is 5.69 Å². The molecule has 5 heteroatoms. The summed E-state index contributed by atoms with van der Waals surface area (Å²) in [6.45, 7) is 2.22. The van der Waals surface area contributed by atoms with Crippen LogP contribution in [0.2, 0.25) is 0 Å². The zero-order chi connectivity index (χ0) is 14.8. The normalized spacial score (nSPS) is 23.2. The van der Waals surface area contributed by atoms with Crippen molar-refractivity contribution in [3.05, 3.63) is 24.3 Å². The van der Waals surface area contributed by atoms with E-state index in [4.69, 9.17) is 0 Å². The molecule has 1 aromatic rings. The first-order valence-corrected chi connectivity index (χ1v) is 8.68. The molecule has 2 unspecified atom stereocenters. The van der Waals surface area contributed by atoms with Gasteiger partial charge in [0, 0.05) is 25.8 Å². The monoisotopic (exact) mass is 296 g/mol. The highest BCUT2D eigenvalue weighted by Crippen LogP contribution is 2.31. The average Bonchev–Trinajstić information content (AvgIpc) is 2.86. The van der Waals surface area contributed by atoms with Crippen molar-refractivity contribution in [2.45, 2.75) is 43.5 Å². The van der Waals surface area contributed by atoms with Crippen molar-refractivity contribution in [2.75, 3.05) is 19.4 Å². The number of hydrogen-bond acceptors (Lipinski definition) is 3. The number of anilines is 1. The molecule has 0 radical (unpaired) electrons. The molecule has 112 valence electrons. The van der Waals surface area contributed by atoms with Crippen LogP contribution in [0.25, 0.3) is 0 Å². The van der Waals surface area contributed by atoms with Crippen molar-refractivity contribution < 1.29 is 8.42 Å². The second-order valence-corrected chi connectivity index (χ2v) is 7.82. The fourth-order valence-electron chi connectivity index (χ4n) is 2.89. The van der Waals surface area contributed by atoms with Gasteiger partial charge in [-0.25, -0.2) is 12.7 Å². The van der Waals surface area contributed by atoms with Crippen LogP contribution >= 0.6 is 0 Å². The van der Waals surface area contributed by atoms with Gasteiger partial charge in [-0.2, -0.15) is 0 Å². The minimum Gasteiger partial charge on any atom is -0.382 e. The molecule has 1 fully saturated rings. The first-order valence-electron chi connectivity index (χ1n) is 7.24. The maximum atomic E-state index is 12.1. The van der Waals surface area contributed by atoms with E-state index in [1.807, 2.05) is 6.07 Å².